The van der Waals surface area contributed by atoms with Gasteiger partial charge in [0.25, 0.3) is 0 Å². The number of aliphatic imine (C=N–C) groups is 1. The third kappa shape index (κ3) is 5.93. The summed E-state index contributed by atoms with van der Waals surface area (Å²) >= 11 is 1.77. The molecule has 1 saturated heterocycles. The van der Waals surface area contributed by atoms with Crippen molar-refractivity contribution < 1.29 is 0 Å². The number of hydrogen-bond donors (Lipinski definition) is 2. The van der Waals surface area contributed by atoms with Gasteiger partial charge in [0.1, 0.15) is 5.01 Å². The number of thiazole rings is 1. The van der Waals surface area contributed by atoms with Gasteiger partial charge in [0.2, 0.25) is 0 Å². The van der Waals surface area contributed by atoms with Crippen molar-refractivity contribution in [3.05, 3.63) is 16.1 Å². The minimum Gasteiger partial charge on any atom is -0.356 e. The molecule has 0 aliphatic carbocycles. The van der Waals surface area contributed by atoms with E-state index < -0.39 is 0 Å². The molecule has 6 heteroatoms. The zero-order valence-electron chi connectivity index (χ0n) is 13.9. The maximum absolute atomic E-state index is 4.41. The molecule has 2 heterocycles. The molecule has 1 aromatic heterocycles. The van der Waals surface area contributed by atoms with Crippen LogP contribution in [0.1, 0.15) is 42.5 Å². The van der Waals surface area contributed by atoms with Gasteiger partial charge in [-0.05, 0) is 51.7 Å². The monoisotopic (exact) mass is 323 g/mol. The number of hydrogen-bond acceptors (Lipinski definition) is 4. The average Bonchev–Trinajstić information content (AvgIpc) is 3.21. The fraction of sp³-hybridized carbons (Fsp3) is 0.750. The third-order valence-electron chi connectivity index (χ3n) is 3.97. The van der Waals surface area contributed by atoms with Crippen molar-refractivity contribution in [1.29, 1.82) is 0 Å². The number of aryl methyl sites for hydroxylation is 1. The van der Waals surface area contributed by atoms with Crippen LogP contribution in [-0.4, -0.2) is 49.1 Å². The molecule has 5 nitrogen and oxygen atoms in total. The van der Waals surface area contributed by atoms with Crippen molar-refractivity contribution >= 4 is 17.3 Å². The highest BCUT2D eigenvalue weighted by Gasteiger charge is 2.10. The lowest BCUT2D eigenvalue weighted by Gasteiger charge is -2.15. The quantitative estimate of drug-likeness (QED) is 0.438. The van der Waals surface area contributed by atoms with Crippen LogP contribution in [0.15, 0.2) is 11.2 Å². The fourth-order valence-electron chi connectivity index (χ4n) is 2.65. The normalized spacial score (nSPS) is 16.2. The highest BCUT2D eigenvalue weighted by Crippen LogP contribution is 2.12. The van der Waals surface area contributed by atoms with Gasteiger partial charge in [-0.1, -0.05) is 6.92 Å². The Labute approximate surface area is 138 Å². The molecule has 0 saturated carbocycles. The standard InChI is InChI=1S/C16H29N5S/c1-3-14-12-19-15(22-14)13-20-16(17-2)18-8-4-5-9-21-10-6-7-11-21/h12H,3-11,13H2,1-2H3,(H2,17,18,20). The average molecular weight is 324 g/mol. The van der Waals surface area contributed by atoms with Gasteiger partial charge in [0, 0.05) is 24.7 Å². The number of guanidine groups is 1. The number of likely N-dealkylation sites (tertiary alicyclic amines) is 1. The number of nitrogens with one attached hydrogen (secondary N) is 2. The number of rotatable bonds is 8. The van der Waals surface area contributed by atoms with Gasteiger partial charge in [-0.25, -0.2) is 4.98 Å². The molecular formula is C16H29N5S. The molecule has 0 unspecified atom stereocenters. The molecule has 1 aliphatic rings. The molecule has 0 atom stereocenters. The Morgan fingerprint density at radius 3 is 2.82 bits per heavy atom. The van der Waals surface area contributed by atoms with E-state index in [4.69, 9.17) is 0 Å². The first-order valence-electron chi connectivity index (χ1n) is 8.42. The fourth-order valence-corrected chi connectivity index (χ4v) is 3.45. The van der Waals surface area contributed by atoms with Crippen LogP contribution in [-0.2, 0) is 13.0 Å². The first kappa shape index (κ1) is 17.2. The molecule has 2 rings (SSSR count). The Morgan fingerprint density at radius 1 is 1.32 bits per heavy atom. The van der Waals surface area contributed by atoms with Gasteiger partial charge >= 0.3 is 0 Å². The maximum atomic E-state index is 4.41. The smallest absolute Gasteiger partial charge is 0.191 e. The Morgan fingerprint density at radius 2 is 2.14 bits per heavy atom. The van der Waals surface area contributed by atoms with E-state index in [-0.39, 0.29) is 0 Å². The lowest BCUT2D eigenvalue weighted by Crippen LogP contribution is -2.37. The summed E-state index contributed by atoms with van der Waals surface area (Å²) < 4.78 is 0. The first-order valence-corrected chi connectivity index (χ1v) is 9.24. The van der Waals surface area contributed by atoms with E-state index >= 15 is 0 Å². The van der Waals surface area contributed by atoms with E-state index in [1.807, 2.05) is 13.2 Å². The molecule has 0 amide bonds. The van der Waals surface area contributed by atoms with Crippen LogP contribution >= 0.6 is 11.3 Å². The van der Waals surface area contributed by atoms with E-state index in [9.17, 15) is 0 Å². The predicted octanol–water partition coefficient (Wildman–Crippen LogP) is 2.25. The van der Waals surface area contributed by atoms with Crippen molar-refractivity contribution in [2.24, 2.45) is 4.99 Å². The SMILES string of the molecule is CCc1cnc(CNC(=NC)NCCCCN2CCCC2)s1. The van der Waals surface area contributed by atoms with Crippen LogP contribution in [0.3, 0.4) is 0 Å². The van der Waals surface area contributed by atoms with E-state index in [2.05, 4.69) is 32.4 Å². The van der Waals surface area contributed by atoms with Crippen molar-refractivity contribution in [2.75, 3.05) is 33.2 Å². The Hall–Kier alpha value is -1.14. The Bertz CT molecular complexity index is 451. The molecule has 124 valence electrons. The summed E-state index contributed by atoms with van der Waals surface area (Å²) in [6, 6.07) is 0. The van der Waals surface area contributed by atoms with E-state index in [0.717, 1.165) is 30.5 Å². The summed E-state index contributed by atoms with van der Waals surface area (Å²) in [5.74, 6) is 0.870. The second kappa shape index (κ2) is 9.79. The summed E-state index contributed by atoms with van der Waals surface area (Å²) in [6.07, 6.45) is 8.24. The molecule has 1 aromatic rings. The van der Waals surface area contributed by atoms with Gasteiger partial charge in [0.05, 0.1) is 6.54 Å². The molecular weight excluding hydrogens is 294 g/mol. The first-order chi connectivity index (χ1) is 10.8. The van der Waals surface area contributed by atoms with Gasteiger partial charge in [-0.2, -0.15) is 0 Å². The van der Waals surface area contributed by atoms with Crippen LogP contribution in [0.5, 0.6) is 0 Å². The number of nitrogens with zero attached hydrogens (tertiary/aromatic N) is 3. The van der Waals surface area contributed by atoms with Crippen LogP contribution in [0.4, 0.5) is 0 Å². The van der Waals surface area contributed by atoms with E-state index in [0.29, 0.717) is 0 Å². The highest BCUT2D eigenvalue weighted by molar-refractivity contribution is 7.11. The van der Waals surface area contributed by atoms with Crippen LogP contribution in [0, 0.1) is 0 Å². The third-order valence-corrected chi connectivity index (χ3v) is 5.11. The molecule has 0 aromatic carbocycles. The molecule has 2 N–H and O–H groups in total. The zero-order chi connectivity index (χ0) is 15.6. The molecule has 22 heavy (non-hydrogen) atoms. The summed E-state index contributed by atoms with van der Waals surface area (Å²) in [5.41, 5.74) is 0. The van der Waals surface area contributed by atoms with Crippen LogP contribution in [0.2, 0.25) is 0 Å². The van der Waals surface area contributed by atoms with E-state index in [1.165, 1.54) is 50.2 Å². The lowest BCUT2D eigenvalue weighted by molar-refractivity contribution is 0.330. The van der Waals surface area contributed by atoms with Crippen LogP contribution < -0.4 is 10.6 Å². The minimum atomic E-state index is 0.748. The van der Waals surface area contributed by atoms with Gasteiger partial charge in [0.15, 0.2) is 5.96 Å². The molecule has 0 spiro atoms. The van der Waals surface area contributed by atoms with Crippen molar-refractivity contribution in [1.82, 2.24) is 20.5 Å². The van der Waals surface area contributed by atoms with Gasteiger partial charge in [-0.15, -0.1) is 11.3 Å². The molecule has 0 radical (unpaired) electrons. The number of unbranched alkanes of at least 4 members (excludes halogenated alkanes) is 1. The summed E-state index contributed by atoms with van der Waals surface area (Å²) in [4.78, 5) is 12.6. The van der Waals surface area contributed by atoms with Crippen LogP contribution in [0.25, 0.3) is 0 Å². The molecule has 1 aliphatic heterocycles. The topological polar surface area (TPSA) is 52.6 Å². The van der Waals surface area contributed by atoms with Gasteiger partial charge < -0.3 is 15.5 Å². The Kier molecular flexibility index (Phi) is 7.66. The zero-order valence-corrected chi connectivity index (χ0v) is 14.7. The largest absolute Gasteiger partial charge is 0.356 e. The second-order valence-electron chi connectivity index (χ2n) is 5.68. The van der Waals surface area contributed by atoms with Crippen molar-refractivity contribution in [2.45, 2.75) is 45.6 Å². The predicted molar refractivity (Wildman–Crippen MR) is 94.6 cm³/mol. The number of aromatic nitrogens is 1. The minimum absolute atomic E-state index is 0.748. The summed E-state index contributed by atoms with van der Waals surface area (Å²) in [7, 11) is 1.82. The van der Waals surface area contributed by atoms with E-state index in [1.54, 1.807) is 11.3 Å². The second-order valence-corrected chi connectivity index (χ2v) is 6.88. The summed E-state index contributed by atoms with van der Waals surface area (Å²) in [5, 5.41) is 7.83. The van der Waals surface area contributed by atoms with Crippen molar-refractivity contribution in [3.8, 4) is 0 Å². The maximum Gasteiger partial charge on any atom is 0.191 e. The Balaban J connectivity index is 1.56. The molecule has 1 fully saturated rings. The lowest BCUT2D eigenvalue weighted by atomic mass is 10.3. The van der Waals surface area contributed by atoms with Gasteiger partial charge in [-0.3, -0.25) is 4.99 Å². The van der Waals surface area contributed by atoms with Crippen molar-refractivity contribution in [3.63, 3.8) is 0 Å². The molecule has 0 bridgehead atoms. The highest BCUT2D eigenvalue weighted by atomic mass is 32.1. The summed E-state index contributed by atoms with van der Waals surface area (Å²) in [6.45, 7) is 7.72.